The molecule has 1 atom stereocenters. The van der Waals surface area contributed by atoms with Gasteiger partial charge < -0.3 is 10.5 Å². The molecule has 3 aromatic rings. The SMILES string of the molecule is NC1=C(C(=O)NN=C2c3ccccc3-c3ccccc32)C(c2ccc([N+](=O)[O-])cc2)C([N+](=O)[O-])=C2OCCN12. The summed E-state index contributed by atoms with van der Waals surface area (Å²) in [6.45, 7) is 0.364. The van der Waals surface area contributed by atoms with Crippen molar-refractivity contribution in [3.05, 3.63) is 133 Å². The first kappa shape index (κ1) is 23.9. The normalized spacial score (nSPS) is 17.3. The lowest BCUT2D eigenvalue weighted by Crippen LogP contribution is -2.39. The lowest BCUT2D eigenvalue weighted by atomic mass is 9.85. The summed E-state index contributed by atoms with van der Waals surface area (Å²) in [5, 5.41) is 27.9. The first-order valence-corrected chi connectivity index (χ1v) is 12.0. The first-order chi connectivity index (χ1) is 18.9. The Bertz CT molecular complexity index is 1610. The molecule has 6 rings (SSSR count). The van der Waals surface area contributed by atoms with Crippen molar-refractivity contribution in [1.29, 1.82) is 0 Å². The number of nitrogens with one attached hydrogen (secondary N) is 1. The number of nitro benzene ring substituents is 1. The fraction of sp³-hybridized carbons (Fsp3) is 0.111. The highest BCUT2D eigenvalue weighted by Crippen LogP contribution is 2.43. The van der Waals surface area contributed by atoms with E-state index in [2.05, 4.69) is 10.5 Å². The molecule has 1 unspecified atom stereocenters. The molecule has 3 aliphatic rings. The fourth-order valence-corrected chi connectivity index (χ4v) is 5.23. The van der Waals surface area contributed by atoms with Gasteiger partial charge in [-0.3, -0.25) is 29.9 Å². The van der Waals surface area contributed by atoms with Crippen LogP contribution < -0.4 is 11.2 Å². The number of nitrogens with zero attached hydrogens (tertiary/aromatic N) is 4. The molecule has 0 bridgehead atoms. The van der Waals surface area contributed by atoms with Crippen LogP contribution >= 0.6 is 0 Å². The molecular formula is C27H20N6O6. The van der Waals surface area contributed by atoms with Gasteiger partial charge in [-0.25, -0.2) is 5.43 Å². The van der Waals surface area contributed by atoms with Gasteiger partial charge in [-0.1, -0.05) is 60.7 Å². The smallest absolute Gasteiger partial charge is 0.317 e. The topological polar surface area (TPSA) is 166 Å². The van der Waals surface area contributed by atoms with Crippen molar-refractivity contribution in [3.63, 3.8) is 0 Å². The van der Waals surface area contributed by atoms with E-state index in [4.69, 9.17) is 10.5 Å². The van der Waals surface area contributed by atoms with Crippen LogP contribution in [0.15, 0.2) is 101 Å². The van der Waals surface area contributed by atoms with Crippen molar-refractivity contribution >= 4 is 17.3 Å². The molecule has 0 saturated carbocycles. The molecule has 39 heavy (non-hydrogen) atoms. The van der Waals surface area contributed by atoms with Crippen LogP contribution in [0.5, 0.6) is 0 Å². The number of hydrogen-bond donors (Lipinski definition) is 2. The lowest BCUT2D eigenvalue weighted by Gasteiger charge is -2.29. The number of hydrazone groups is 1. The molecule has 12 heteroatoms. The second-order valence-corrected chi connectivity index (χ2v) is 9.02. The average molecular weight is 524 g/mol. The van der Waals surface area contributed by atoms with Crippen molar-refractivity contribution < 1.29 is 19.4 Å². The number of benzene rings is 3. The number of allylic oxidation sites excluding steroid dienone is 1. The molecule has 12 nitrogen and oxygen atoms in total. The predicted octanol–water partition coefficient (Wildman–Crippen LogP) is 3.19. The highest BCUT2D eigenvalue weighted by atomic mass is 16.6. The number of carbonyl (C=O) groups is 1. The Labute approximate surface area is 221 Å². The molecule has 3 aromatic carbocycles. The summed E-state index contributed by atoms with van der Waals surface area (Å²) >= 11 is 0. The molecule has 3 N–H and O–H groups in total. The minimum Gasteiger partial charge on any atom is -0.472 e. The molecular weight excluding hydrogens is 504 g/mol. The van der Waals surface area contributed by atoms with Crippen molar-refractivity contribution in [2.24, 2.45) is 10.8 Å². The third-order valence-corrected chi connectivity index (χ3v) is 6.95. The molecule has 1 fully saturated rings. The van der Waals surface area contributed by atoms with Crippen molar-refractivity contribution in [1.82, 2.24) is 10.3 Å². The van der Waals surface area contributed by atoms with Gasteiger partial charge in [-0.05, 0) is 16.7 Å². The second-order valence-electron chi connectivity index (χ2n) is 9.02. The summed E-state index contributed by atoms with van der Waals surface area (Å²) in [4.78, 5) is 37.4. The summed E-state index contributed by atoms with van der Waals surface area (Å²) < 4.78 is 5.54. The summed E-state index contributed by atoms with van der Waals surface area (Å²) in [5.41, 5.74) is 12.7. The van der Waals surface area contributed by atoms with Crippen LogP contribution in [-0.2, 0) is 9.53 Å². The van der Waals surface area contributed by atoms with Gasteiger partial charge in [0.15, 0.2) is 0 Å². The minimum absolute atomic E-state index is 0.0126. The van der Waals surface area contributed by atoms with Crippen LogP contribution in [0.25, 0.3) is 11.1 Å². The number of carbonyl (C=O) groups excluding carboxylic acids is 1. The summed E-state index contributed by atoms with van der Waals surface area (Å²) in [7, 11) is 0. The number of non-ortho nitro benzene ring substituents is 1. The van der Waals surface area contributed by atoms with Gasteiger partial charge in [-0.15, -0.1) is 0 Å². The number of rotatable bonds is 5. The standard InChI is InChI=1S/C27H20N6O6/c28-25-22(26(34)30-29-23-19-7-3-1-5-17(19)18-6-2-4-8-20(18)23)21(15-9-11-16(12-10-15)32(35)36)24(33(37)38)27-31(25)13-14-39-27/h1-12,21H,13-14,28H2,(H,30,34). The Kier molecular flexibility index (Phi) is 5.56. The van der Waals surface area contributed by atoms with E-state index in [0.29, 0.717) is 5.71 Å². The van der Waals surface area contributed by atoms with E-state index < -0.39 is 21.7 Å². The van der Waals surface area contributed by atoms with E-state index in [9.17, 15) is 25.0 Å². The summed E-state index contributed by atoms with van der Waals surface area (Å²) in [6.07, 6.45) is 0. The number of ether oxygens (including phenoxy) is 1. The molecule has 0 aromatic heterocycles. The Balaban J connectivity index is 1.44. The van der Waals surface area contributed by atoms with Gasteiger partial charge in [0.2, 0.25) is 0 Å². The Morgan fingerprint density at radius 1 is 0.923 bits per heavy atom. The average Bonchev–Trinajstić information content (AvgIpc) is 3.55. The lowest BCUT2D eigenvalue weighted by molar-refractivity contribution is -0.433. The van der Waals surface area contributed by atoms with Crippen molar-refractivity contribution in [2.45, 2.75) is 5.92 Å². The van der Waals surface area contributed by atoms with Crippen LogP contribution in [0, 0.1) is 20.2 Å². The van der Waals surface area contributed by atoms with E-state index in [1.165, 1.54) is 29.2 Å². The van der Waals surface area contributed by atoms with Crippen LogP contribution in [0.2, 0.25) is 0 Å². The Hall–Kier alpha value is -5.52. The zero-order chi connectivity index (χ0) is 27.3. The molecule has 194 valence electrons. The molecule has 2 heterocycles. The quantitative estimate of drug-likeness (QED) is 0.297. The van der Waals surface area contributed by atoms with Crippen LogP contribution in [0.4, 0.5) is 5.69 Å². The van der Waals surface area contributed by atoms with Crippen molar-refractivity contribution in [3.8, 4) is 11.1 Å². The maximum absolute atomic E-state index is 13.7. The molecule has 2 aliphatic heterocycles. The highest BCUT2D eigenvalue weighted by molar-refractivity contribution is 6.24. The first-order valence-electron chi connectivity index (χ1n) is 12.0. The Morgan fingerprint density at radius 3 is 2.08 bits per heavy atom. The largest absolute Gasteiger partial charge is 0.472 e. The van der Waals surface area contributed by atoms with E-state index in [0.717, 1.165) is 22.3 Å². The van der Waals surface area contributed by atoms with E-state index in [1.807, 2.05) is 48.5 Å². The third kappa shape index (κ3) is 3.77. The molecule has 1 amide bonds. The van der Waals surface area contributed by atoms with Gasteiger partial charge >= 0.3 is 5.70 Å². The summed E-state index contributed by atoms with van der Waals surface area (Å²) in [6, 6.07) is 20.5. The highest BCUT2D eigenvalue weighted by Gasteiger charge is 2.48. The van der Waals surface area contributed by atoms with E-state index in [-0.39, 0.29) is 47.4 Å². The van der Waals surface area contributed by atoms with Gasteiger partial charge in [0.25, 0.3) is 17.5 Å². The fourth-order valence-electron chi connectivity index (χ4n) is 5.23. The number of nitrogens with two attached hydrogens (primary N) is 1. The molecule has 1 aliphatic carbocycles. The van der Waals surface area contributed by atoms with E-state index >= 15 is 0 Å². The maximum atomic E-state index is 13.7. The number of hydrogen-bond acceptors (Lipinski definition) is 9. The third-order valence-electron chi connectivity index (χ3n) is 6.95. The van der Waals surface area contributed by atoms with Crippen molar-refractivity contribution in [2.75, 3.05) is 13.2 Å². The second kappa shape index (κ2) is 9.10. The van der Waals surface area contributed by atoms with Crippen LogP contribution in [0.1, 0.15) is 22.6 Å². The van der Waals surface area contributed by atoms with Gasteiger partial charge in [-0.2, -0.15) is 5.10 Å². The minimum atomic E-state index is -1.26. The Morgan fingerprint density at radius 2 is 1.51 bits per heavy atom. The molecule has 1 saturated heterocycles. The van der Waals surface area contributed by atoms with Crippen LogP contribution in [0.3, 0.4) is 0 Å². The van der Waals surface area contributed by atoms with E-state index in [1.54, 1.807) is 0 Å². The number of nitro groups is 2. The number of amides is 1. The monoisotopic (exact) mass is 524 g/mol. The zero-order valence-electron chi connectivity index (χ0n) is 20.2. The predicted molar refractivity (Wildman–Crippen MR) is 139 cm³/mol. The maximum Gasteiger partial charge on any atom is 0.317 e. The summed E-state index contributed by atoms with van der Waals surface area (Å²) in [5.74, 6) is -2.06. The molecule has 0 radical (unpaired) electrons. The van der Waals surface area contributed by atoms with Gasteiger partial charge in [0.1, 0.15) is 18.3 Å². The van der Waals surface area contributed by atoms with Gasteiger partial charge in [0, 0.05) is 23.3 Å². The van der Waals surface area contributed by atoms with Gasteiger partial charge in [0.05, 0.1) is 27.7 Å². The van der Waals surface area contributed by atoms with Crippen LogP contribution in [-0.4, -0.2) is 39.5 Å². The zero-order valence-corrected chi connectivity index (χ0v) is 20.2. The number of fused-ring (bicyclic) bond motifs is 4. The molecule has 0 spiro atoms.